The summed E-state index contributed by atoms with van der Waals surface area (Å²) in [6, 6.07) is 6.07. The molecule has 4 nitrogen and oxygen atoms in total. The van der Waals surface area contributed by atoms with Gasteiger partial charge in [-0.3, -0.25) is 4.79 Å². The third-order valence-electron chi connectivity index (χ3n) is 4.10. The van der Waals surface area contributed by atoms with E-state index in [0.29, 0.717) is 11.6 Å². The lowest BCUT2D eigenvalue weighted by atomic mass is 10.1. The van der Waals surface area contributed by atoms with Crippen LogP contribution < -0.4 is 11.1 Å². The number of halogens is 1. The van der Waals surface area contributed by atoms with Crippen molar-refractivity contribution in [2.75, 3.05) is 17.3 Å². The second-order valence-corrected chi connectivity index (χ2v) is 7.60. The number of hydrogen-bond donors (Lipinski definition) is 2. The van der Waals surface area contributed by atoms with Gasteiger partial charge in [-0.25, -0.2) is 4.98 Å². The van der Waals surface area contributed by atoms with Gasteiger partial charge in [0.25, 0.3) is 0 Å². The highest BCUT2D eigenvalue weighted by Crippen LogP contribution is 2.30. The number of thioether (sulfide) groups is 1. The molecule has 3 N–H and O–H groups in total. The summed E-state index contributed by atoms with van der Waals surface area (Å²) >= 11 is 3.14. The monoisotopic (exact) mass is 383 g/mol. The van der Waals surface area contributed by atoms with E-state index in [1.807, 2.05) is 11.6 Å². The fraction of sp³-hybridized carbons (Fsp3) is 0.412. The minimum Gasteiger partial charge on any atom is -0.320 e. The molecule has 0 fully saturated rings. The zero-order valence-electron chi connectivity index (χ0n) is 13.6. The zero-order valence-corrected chi connectivity index (χ0v) is 16.0. The van der Waals surface area contributed by atoms with E-state index in [-0.39, 0.29) is 18.3 Å². The van der Waals surface area contributed by atoms with E-state index in [1.165, 1.54) is 35.3 Å². The Morgan fingerprint density at radius 1 is 1.42 bits per heavy atom. The number of nitrogens with zero attached hydrogens (tertiary/aromatic N) is 1. The van der Waals surface area contributed by atoms with Crippen LogP contribution in [0.15, 0.2) is 23.6 Å². The van der Waals surface area contributed by atoms with Crippen molar-refractivity contribution in [3.8, 4) is 11.3 Å². The van der Waals surface area contributed by atoms with Gasteiger partial charge in [0.15, 0.2) is 5.13 Å². The molecule has 0 bridgehead atoms. The van der Waals surface area contributed by atoms with Gasteiger partial charge in [0, 0.05) is 10.9 Å². The van der Waals surface area contributed by atoms with E-state index in [0.717, 1.165) is 23.4 Å². The van der Waals surface area contributed by atoms with Gasteiger partial charge in [-0.1, -0.05) is 12.1 Å². The van der Waals surface area contributed by atoms with E-state index in [9.17, 15) is 4.79 Å². The molecule has 130 valence electrons. The molecule has 3 rings (SSSR count). The van der Waals surface area contributed by atoms with Gasteiger partial charge in [-0.2, -0.15) is 11.8 Å². The molecule has 7 heteroatoms. The summed E-state index contributed by atoms with van der Waals surface area (Å²) in [6.07, 6.45) is 6.26. The predicted octanol–water partition coefficient (Wildman–Crippen LogP) is 3.74. The summed E-state index contributed by atoms with van der Waals surface area (Å²) in [5, 5.41) is 5.43. The number of aromatic nitrogens is 1. The quantitative estimate of drug-likeness (QED) is 0.797. The molecular formula is C17H22ClN3OS2. The molecule has 1 atom stereocenters. The molecule has 1 unspecified atom stereocenters. The number of nitrogens with two attached hydrogens (primary N) is 1. The minimum absolute atomic E-state index is 0. The summed E-state index contributed by atoms with van der Waals surface area (Å²) < 4.78 is 0. The second kappa shape index (κ2) is 8.85. The van der Waals surface area contributed by atoms with Crippen LogP contribution >= 0.6 is 35.5 Å². The Morgan fingerprint density at radius 3 is 3.00 bits per heavy atom. The topological polar surface area (TPSA) is 68.0 Å². The summed E-state index contributed by atoms with van der Waals surface area (Å²) in [5.41, 5.74) is 10.8. The van der Waals surface area contributed by atoms with Gasteiger partial charge in [-0.05, 0) is 54.9 Å². The first-order valence-corrected chi connectivity index (χ1v) is 10.1. The fourth-order valence-corrected chi connectivity index (χ4v) is 3.98. The zero-order chi connectivity index (χ0) is 16.2. The van der Waals surface area contributed by atoms with E-state index < -0.39 is 6.04 Å². The van der Waals surface area contributed by atoms with Crippen LogP contribution in [-0.2, 0) is 17.6 Å². The van der Waals surface area contributed by atoms with Crippen molar-refractivity contribution in [3.63, 3.8) is 0 Å². The molecule has 1 aromatic heterocycles. The van der Waals surface area contributed by atoms with Gasteiger partial charge < -0.3 is 11.1 Å². The average Bonchev–Trinajstić information content (AvgIpc) is 3.20. The molecule has 2 aromatic rings. The maximum atomic E-state index is 12.0. The van der Waals surface area contributed by atoms with Crippen LogP contribution in [0.3, 0.4) is 0 Å². The first-order chi connectivity index (χ1) is 11.2. The lowest BCUT2D eigenvalue weighted by molar-refractivity contribution is -0.117. The lowest BCUT2D eigenvalue weighted by Crippen LogP contribution is -2.36. The van der Waals surface area contributed by atoms with Crippen molar-refractivity contribution in [1.82, 2.24) is 4.98 Å². The number of nitrogens with one attached hydrogen (secondary N) is 1. The van der Waals surface area contributed by atoms with E-state index in [2.05, 4.69) is 28.5 Å². The molecule has 1 heterocycles. The van der Waals surface area contributed by atoms with Gasteiger partial charge >= 0.3 is 0 Å². The number of anilines is 1. The molecule has 24 heavy (non-hydrogen) atoms. The van der Waals surface area contributed by atoms with Crippen LogP contribution in [0.25, 0.3) is 11.3 Å². The highest BCUT2D eigenvalue weighted by molar-refractivity contribution is 7.98. The van der Waals surface area contributed by atoms with E-state index >= 15 is 0 Å². The largest absolute Gasteiger partial charge is 0.320 e. The maximum absolute atomic E-state index is 12.0. The number of fused-ring (bicyclic) bond motifs is 1. The number of hydrogen-bond acceptors (Lipinski definition) is 5. The molecule has 0 saturated carbocycles. The number of aryl methyl sites for hydroxylation is 2. The number of thiazole rings is 1. The maximum Gasteiger partial charge on any atom is 0.243 e. The summed E-state index contributed by atoms with van der Waals surface area (Å²) in [7, 11) is 0. The Bertz CT molecular complexity index is 705. The Morgan fingerprint density at radius 2 is 2.21 bits per heavy atom. The minimum atomic E-state index is -0.477. The highest BCUT2D eigenvalue weighted by Gasteiger charge is 2.16. The Labute approximate surface area is 157 Å². The number of carbonyl (C=O) groups is 1. The smallest absolute Gasteiger partial charge is 0.243 e. The molecular weight excluding hydrogens is 362 g/mol. The molecule has 0 aliphatic heterocycles. The van der Waals surface area contributed by atoms with Crippen LogP contribution in [0.5, 0.6) is 0 Å². The van der Waals surface area contributed by atoms with Crippen molar-refractivity contribution in [3.05, 3.63) is 34.7 Å². The van der Waals surface area contributed by atoms with Crippen LogP contribution in [0.4, 0.5) is 5.13 Å². The highest BCUT2D eigenvalue weighted by atomic mass is 35.5. The standard InChI is InChI=1S/C17H21N3OS2.ClH/c1-22-8-7-14(18)16(21)20-17-19-15(10-23-17)13-6-5-11-3-2-4-12(11)9-13;/h5-6,9-10,14H,2-4,7-8,18H2,1H3,(H,19,20,21);1H. The fourth-order valence-electron chi connectivity index (χ4n) is 2.77. The number of amides is 1. The van der Waals surface area contributed by atoms with Crippen molar-refractivity contribution >= 4 is 46.5 Å². The van der Waals surface area contributed by atoms with Crippen LogP contribution in [0.2, 0.25) is 0 Å². The van der Waals surface area contributed by atoms with Gasteiger partial charge in [0.05, 0.1) is 11.7 Å². The first kappa shape index (κ1) is 19.2. The summed E-state index contributed by atoms with van der Waals surface area (Å²) in [4.78, 5) is 16.6. The van der Waals surface area contributed by atoms with Gasteiger partial charge in [0.2, 0.25) is 5.91 Å². The molecule has 0 spiro atoms. The molecule has 1 aliphatic carbocycles. The average molecular weight is 384 g/mol. The SMILES string of the molecule is CSCCC(N)C(=O)Nc1nc(-c2ccc3c(c2)CCC3)cs1.Cl. The normalized spacial score (nSPS) is 13.9. The van der Waals surface area contributed by atoms with E-state index in [4.69, 9.17) is 5.73 Å². The van der Waals surface area contributed by atoms with Crippen molar-refractivity contribution in [2.24, 2.45) is 5.73 Å². The lowest BCUT2D eigenvalue weighted by Gasteiger charge is -2.09. The predicted molar refractivity (Wildman–Crippen MR) is 106 cm³/mol. The molecule has 1 aromatic carbocycles. The van der Waals surface area contributed by atoms with Crippen molar-refractivity contribution in [2.45, 2.75) is 31.7 Å². The number of benzene rings is 1. The van der Waals surface area contributed by atoms with Gasteiger partial charge in [0.1, 0.15) is 0 Å². The molecule has 0 saturated heterocycles. The van der Waals surface area contributed by atoms with Crippen molar-refractivity contribution in [1.29, 1.82) is 0 Å². The van der Waals surface area contributed by atoms with Crippen LogP contribution in [0, 0.1) is 0 Å². The third-order valence-corrected chi connectivity index (χ3v) is 5.50. The second-order valence-electron chi connectivity index (χ2n) is 5.75. The first-order valence-electron chi connectivity index (χ1n) is 7.80. The molecule has 1 aliphatic rings. The Hall–Kier alpha value is -1.08. The number of rotatable bonds is 6. The van der Waals surface area contributed by atoms with Gasteiger partial charge in [-0.15, -0.1) is 23.7 Å². The Kier molecular flexibility index (Phi) is 7.10. The Balaban J connectivity index is 0.00000208. The third kappa shape index (κ3) is 4.51. The molecule has 1 amide bonds. The van der Waals surface area contributed by atoms with E-state index in [1.54, 1.807) is 11.8 Å². The van der Waals surface area contributed by atoms with Crippen molar-refractivity contribution < 1.29 is 4.79 Å². The number of carbonyl (C=O) groups excluding carboxylic acids is 1. The molecule has 0 radical (unpaired) electrons. The van der Waals surface area contributed by atoms with Crippen LogP contribution in [0.1, 0.15) is 24.0 Å². The summed E-state index contributed by atoms with van der Waals surface area (Å²) in [6.45, 7) is 0. The van der Waals surface area contributed by atoms with Crippen LogP contribution in [-0.4, -0.2) is 28.9 Å². The summed E-state index contributed by atoms with van der Waals surface area (Å²) in [5.74, 6) is 0.723.